The number of para-hydroxylation sites is 1. The summed E-state index contributed by atoms with van der Waals surface area (Å²) in [5, 5.41) is 7.78. The minimum absolute atomic E-state index is 0.0320. The highest BCUT2D eigenvalue weighted by molar-refractivity contribution is 6.33. The number of benzene rings is 2. The molecule has 0 aliphatic carbocycles. The lowest BCUT2D eigenvalue weighted by atomic mass is 9.97. The Kier molecular flexibility index (Phi) is 8.55. The van der Waals surface area contributed by atoms with E-state index in [2.05, 4.69) is 26.4 Å². The molecule has 7 nitrogen and oxygen atoms in total. The highest BCUT2D eigenvalue weighted by Crippen LogP contribution is 2.26. The van der Waals surface area contributed by atoms with Gasteiger partial charge in [-0.3, -0.25) is 9.69 Å². The summed E-state index contributed by atoms with van der Waals surface area (Å²) >= 11 is 6.24. The molecule has 0 bridgehead atoms. The molecule has 1 aliphatic heterocycles. The van der Waals surface area contributed by atoms with Gasteiger partial charge in [0.25, 0.3) is 0 Å². The van der Waals surface area contributed by atoms with Gasteiger partial charge >= 0.3 is 0 Å². The number of hydrogen-bond acceptors (Lipinski definition) is 6. The predicted octanol–water partition coefficient (Wildman–Crippen LogP) is 4.75. The van der Waals surface area contributed by atoms with Crippen molar-refractivity contribution in [2.45, 2.75) is 39.2 Å². The van der Waals surface area contributed by atoms with Crippen LogP contribution < -0.4 is 10.1 Å². The molecule has 3 aromatic rings. The molecule has 4 rings (SSSR count). The van der Waals surface area contributed by atoms with Crippen molar-refractivity contribution in [3.8, 4) is 17.1 Å². The molecule has 1 aliphatic rings. The lowest BCUT2D eigenvalue weighted by molar-refractivity contribution is -0.126. The van der Waals surface area contributed by atoms with Crippen LogP contribution in [0.25, 0.3) is 11.4 Å². The third-order valence-electron chi connectivity index (χ3n) is 6.01. The number of aromatic nitrogens is 2. The number of halogens is 1. The van der Waals surface area contributed by atoms with Crippen molar-refractivity contribution >= 4 is 17.5 Å². The maximum atomic E-state index is 12.8. The maximum Gasteiger partial charge on any atom is 0.241 e. The summed E-state index contributed by atoms with van der Waals surface area (Å²) < 4.78 is 11.1. The number of aryl methyl sites for hydroxylation is 1. The molecule has 180 valence electrons. The molecular weight excluding hydrogens is 452 g/mol. The van der Waals surface area contributed by atoms with E-state index in [9.17, 15) is 4.79 Å². The number of nitrogens with one attached hydrogen (secondary N) is 1. The van der Waals surface area contributed by atoms with E-state index in [1.165, 1.54) is 5.56 Å². The Morgan fingerprint density at radius 2 is 2.06 bits per heavy atom. The van der Waals surface area contributed by atoms with Gasteiger partial charge in [0.2, 0.25) is 17.6 Å². The molecule has 2 heterocycles. The normalized spacial score (nSPS) is 16.4. The van der Waals surface area contributed by atoms with E-state index >= 15 is 0 Å². The van der Waals surface area contributed by atoms with Gasteiger partial charge in [0.15, 0.2) is 0 Å². The smallest absolute Gasteiger partial charge is 0.241 e. The van der Waals surface area contributed by atoms with Crippen LogP contribution in [0.3, 0.4) is 0 Å². The Labute approximate surface area is 205 Å². The van der Waals surface area contributed by atoms with Crippen LogP contribution >= 0.6 is 11.6 Å². The molecule has 1 fully saturated rings. The molecule has 1 aromatic heterocycles. The molecule has 1 atom stereocenters. The Morgan fingerprint density at radius 1 is 1.24 bits per heavy atom. The van der Waals surface area contributed by atoms with Gasteiger partial charge in [-0.2, -0.15) is 4.98 Å². The quantitative estimate of drug-likeness (QED) is 0.420. The molecule has 34 heavy (non-hydrogen) atoms. The highest BCUT2D eigenvalue weighted by Gasteiger charge is 2.26. The van der Waals surface area contributed by atoms with Crippen molar-refractivity contribution in [3.05, 3.63) is 65.0 Å². The SMILES string of the molecule is CCOc1ccccc1CCCNC(=O)C1CCCN(Cc2nc(-c3ccccc3Cl)no2)C1. The van der Waals surface area contributed by atoms with Crippen molar-refractivity contribution < 1.29 is 14.1 Å². The standard InChI is InChI=1S/C26H31ClN4O3/c1-2-33-23-14-6-3-9-19(23)10-7-15-28-26(32)20-11-8-16-31(17-20)18-24-29-25(30-34-24)21-12-4-5-13-22(21)27/h3-6,9,12-14,20H,2,7-8,10-11,15-18H2,1H3,(H,28,32). The number of carbonyl (C=O) groups excluding carboxylic acids is 1. The fourth-order valence-corrected chi connectivity index (χ4v) is 4.54. The minimum Gasteiger partial charge on any atom is -0.494 e. The lowest BCUT2D eigenvalue weighted by Crippen LogP contribution is -2.43. The zero-order valence-corrected chi connectivity index (χ0v) is 20.3. The Hall–Kier alpha value is -2.90. The average molecular weight is 483 g/mol. The third-order valence-corrected chi connectivity index (χ3v) is 6.34. The van der Waals surface area contributed by atoms with Gasteiger partial charge in [-0.1, -0.05) is 47.1 Å². The van der Waals surface area contributed by atoms with Crippen LogP contribution in [0.15, 0.2) is 53.1 Å². The third kappa shape index (κ3) is 6.36. The Balaban J connectivity index is 1.24. The van der Waals surface area contributed by atoms with E-state index in [1.807, 2.05) is 43.3 Å². The van der Waals surface area contributed by atoms with Crippen molar-refractivity contribution in [2.75, 3.05) is 26.2 Å². The van der Waals surface area contributed by atoms with Crippen molar-refractivity contribution in [3.63, 3.8) is 0 Å². The zero-order valence-electron chi connectivity index (χ0n) is 19.5. The number of hydrogen-bond donors (Lipinski definition) is 1. The summed E-state index contributed by atoms with van der Waals surface area (Å²) in [5.41, 5.74) is 1.93. The van der Waals surface area contributed by atoms with Crippen LogP contribution in [-0.2, 0) is 17.8 Å². The summed E-state index contributed by atoms with van der Waals surface area (Å²) in [6.45, 7) is 5.40. The predicted molar refractivity (Wildman–Crippen MR) is 132 cm³/mol. The second kappa shape index (κ2) is 12.0. The Morgan fingerprint density at radius 3 is 2.91 bits per heavy atom. The monoisotopic (exact) mass is 482 g/mol. The van der Waals surface area contributed by atoms with Gasteiger partial charge in [-0.15, -0.1) is 0 Å². The summed E-state index contributed by atoms with van der Waals surface area (Å²) in [7, 11) is 0. The largest absolute Gasteiger partial charge is 0.494 e. The molecule has 1 saturated heterocycles. The first-order valence-corrected chi connectivity index (χ1v) is 12.3. The van der Waals surface area contributed by atoms with Gasteiger partial charge in [-0.05, 0) is 62.9 Å². The fourth-order valence-electron chi connectivity index (χ4n) is 4.32. The van der Waals surface area contributed by atoms with Crippen LogP contribution in [0.5, 0.6) is 5.75 Å². The number of rotatable bonds is 10. The number of likely N-dealkylation sites (tertiary alicyclic amines) is 1. The molecular formula is C26H31ClN4O3. The first-order chi connectivity index (χ1) is 16.6. The minimum atomic E-state index is -0.0320. The van der Waals surface area contributed by atoms with Crippen molar-refractivity contribution in [1.29, 1.82) is 0 Å². The van der Waals surface area contributed by atoms with Gasteiger partial charge in [-0.25, -0.2) is 0 Å². The molecule has 0 spiro atoms. The zero-order chi connectivity index (χ0) is 23.8. The Bertz CT molecular complexity index is 1090. The average Bonchev–Trinajstić information content (AvgIpc) is 3.31. The van der Waals surface area contributed by atoms with E-state index < -0.39 is 0 Å². The second-order valence-corrected chi connectivity index (χ2v) is 8.91. The highest BCUT2D eigenvalue weighted by atomic mass is 35.5. The molecule has 8 heteroatoms. The fraction of sp³-hybridized carbons (Fsp3) is 0.423. The van der Waals surface area contributed by atoms with E-state index in [4.69, 9.17) is 20.9 Å². The van der Waals surface area contributed by atoms with E-state index in [1.54, 1.807) is 6.07 Å². The summed E-state index contributed by atoms with van der Waals surface area (Å²) in [4.78, 5) is 19.5. The molecule has 0 radical (unpaired) electrons. The number of amides is 1. The van der Waals surface area contributed by atoms with E-state index in [0.29, 0.717) is 43.0 Å². The first kappa shape index (κ1) is 24.2. The topological polar surface area (TPSA) is 80.5 Å². The van der Waals surface area contributed by atoms with Crippen LogP contribution in [0.4, 0.5) is 0 Å². The molecule has 0 saturated carbocycles. The second-order valence-electron chi connectivity index (χ2n) is 8.50. The van der Waals surface area contributed by atoms with Crippen LogP contribution in [0, 0.1) is 5.92 Å². The molecule has 1 unspecified atom stereocenters. The van der Waals surface area contributed by atoms with Gasteiger partial charge in [0.05, 0.1) is 24.1 Å². The summed E-state index contributed by atoms with van der Waals surface area (Å²) in [5.74, 6) is 2.03. The van der Waals surface area contributed by atoms with Crippen LogP contribution in [-0.4, -0.2) is 47.2 Å². The number of nitrogens with zero attached hydrogens (tertiary/aromatic N) is 3. The van der Waals surface area contributed by atoms with E-state index in [0.717, 1.165) is 43.5 Å². The lowest BCUT2D eigenvalue weighted by Gasteiger charge is -2.30. The molecule has 1 amide bonds. The van der Waals surface area contributed by atoms with Gasteiger partial charge in [0.1, 0.15) is 5.75 Å². The van der Waals surface area contributed by atoms with Gasteiger partial charge in [0, 0.05) is 18.7 Å². The van der Waals surface area contributed by atoms with Gasteiger partial charge < -0.3 is 14.6 Å². The first-order valence-electron chi connectivity index (χ1n) is 11.9. The molecule has 2 aromatic carbocycles. The van der Waals surface area contributed by atoms with Crippen LogP contribution in [0.2, 0.25) is 5.02 Å². The van der Waals surface area contributed by atoms with Crippen molar-refractivity contribution in [2.24, 2.45) is 5.92 Å². The van der Waals surface area contributed by atoms with Crippen LogP contribution in [0.1, 0.15) is 37.6 Å². The maximum absolute atomic E-state index is 12.8. The number of ether oxygens (including phenoxy) is 1. The summed E-state index contributed by atoms with van der Waals surface area (Å²) in [6.07, 6.45) is 3.60. The van der Waals surface area contributed by atoms with E-state index in [-0.39, 0.29) is 11.8 Å². The van der Waals surface area contributed by atoms with Crippen molar-refractivity contribution in [1.82, 2.24) is 20.4 Å². The number of piperidine rings is 1. The summed E-state index contributed by atoms with van der Waals surface area (Å²) in [6, 6.07) is 15.5. The molecule has 1 N–H and O–H groups in total. The number of carbonyl (C=O) groups is 1.